The molecule has 2 heterocycles. The molecule has 4 aromatic rings. The number of halogens is 1. The zero-order chi connectivity index (χ0) is 30.3. The van der Waals surface area contributed by atoms with Crippen LogP contribution in [-0.2, 0) is 11.3 Å². The lowest BCUT2D eigenvalue weighted by Gasteiger charge is -2.32. The summed E-state index contributed by atoms with van der Waals surface area (Å²) < 4.78 is 14.6. The fourth-order valence-corrected chi connectivity index (χ4v) is 6.11. The first-order chi connectivity index (χ1) is 20.9. The maximum Gasteiger partial charge on any atom is 0.224 e. The number of nitrogens with one attached hydrogen (secondary N) is 1. The fourth-order valence-electron chi connectivity index (χ4n) is 6.11. The summed E-state index contributed by atoms with van der Waals surface area (Å²) in [6, 6.07) is 20.9. The molecule has 1 saturated heterocycles. The molecule has 6 nitrogen and oxygen atoms in total. The van der Waals surface area contributed by atoms with Gasteiger partial charge in [-0.3, -0.25) is 14.5 Å². The van der Waals surface area contributed by atoms with Crippen LogP contribution in [0.1, 0.15) is 61.9 Å². The Kier molecular flexibility index (Phi) is 9.82. The lowest BCUT2D eigenvalue weighted by Crippen LogP contribution is -2.35. The number of pyridine rings is 1. The van der Waals surface area contributed by atoms with E-state index in [1.165, 1.54) is 6.07 Å². The van der Waals surface area contributed by atoms with Crippen molar-refractivity contribution in [2.24, 2.45) is 5.92 Å². The van der Waals surface area contributed by atoms with Crippen molar-refractivity contribution in [2.75, 3.05) is 30.4 Å². The zero-order valence-corrected chi connectivity index (χ0v) is 25.4. The highest BCUT2D eigenvalue weighted by molar-refractivity contribution is 5.97. The van der Waals surface area contributed by atoms with Gasteiger partial charge in [0.15, 0.2) is 0 Å². The van der Waals surface area contributed by atoms with E-state index in [0.717, 1.165) is 78.6 Å². The first kappa shape index (κ1) is 30.4. The van der Waals surface area contributed by atoms with Gasteiger partial charge in [-0.25, -0.2) is 9.37 Å². The normalized spacial score (nSPS) is 14.7. The monoisotopic (exact) mass is 580 g/mol. The Balaban J connectivity index is 1.15. The first-order valence-electron chi connectivity index (χ1n) is 15.3. The molecule has 1 aliphatic heterocycles. The number of carbonyl (C=O) groups is 2. The number of aldehydes is 1. The van der Waals surface area contributed by atoms with Crippen molar-refractivity contribution in [3.63, 3.8) is 0 Å². The van der Waals surface area contributed by atoms with Crippen LogP contribution in [0.2, 0.25) is 0 Å². The predicted octanol–water partition coefficient (Wildman–Crippen LogP) is 7.72. The van der Waals surface area contributed by atoms with Crippen LogP contribution in [0.5, 0.6) is 0 Å². The Morgan fingerprint density at radius 2 is 1.88 bits per heavy atom. The van der Waals surface area contributed by atoms with Gasteiger partial charge in [0, 0.05) is 60.5 Å². The third kappa shape index (κ3) is 7.28. The Morgan fingerprint density at radius 3 is 2.58 bits per heavy atom. The fraction of sp³-hybridized carbons (Fsp3) is 0.361. The number of hydrogen-bond donors (Lipinski definition) is 1. The number of carbonyl (C=O) groups excluding carboxylic acids is 2. The molecule has 5 rings (SSSR count). The largest absolute Gasteiger partial charge is 0.357 e. The number of anilines is 2. The highest BCUT2D eigenvalue weighted by Crippen LogP contribution is 2.32. The summed E-state index contributed by atoms with van der Waals surface area (Å²) in [6.07, 6.45) is 7.18. The van der Waals surface area contributed by atoms with E-state index in [9.17, 15) is 14.0 Å². The van der Waals surface area contributed by atoms with Gasteiger partial charge >= 0.3 is 0 Å². The SMILES string of the molecule is CCCC(C)N(C)Cc1cc(NC(=O)CC2CCN(c3ccc(-c4cccc5cccc(F)c45)cn3)CC2)ccc1C=O. The van der Waals surface area contributed by atoms with Crippen molar-refractivity contribution in [3.8, 4) is 11.1 Å². The predicted molar refractivity (Wildman–Crippen MR) is 173 cm³/mol. The molecule has 1 aliphatic rings. The average Bonchev–Trinajstić information content (AvgIpc) is 3.01. The lowest BCUT2D eigenvalue weighted by molar-refractivity contribution is -0.117. The second-order valence-electron chi connectivity index (χ2n) is 11.8. The van der Waals surface area contributed by atoms with Crippen LogP contribution in [0.25, 0.3) is 21.9 Å². The summed E-state index contributed by atoms with van der Waals surface area (Å²) in [5.41, 5.74) is 4.04. The topological polar surface area (TPSA) is 65.5 Å². The number of rotatable bonds is 11. The minimum absolute atomic E-state index is 0.000700. The number of hydrogen-bond acceptors (Lipinski definition) is 5. The third-order valence-electron chi connectivity index (χ3n) is 8.76. The molecule has 1 atom stereocenters. The van der Waals surface area contributed by atoms with Gasteiger partial charge < -0.3 is 10.2 Å². The van der Waals surface area contributed by atoms with Crippen LogP contribution in [0.15, 0.2) is 72.9 Å². The number of amides is 1. The molecule has 1 aromatic heterocycles. The molecule has 0 bridgehead atoms. The van der Waals surface area contributed by atoms with Crippen molar-refractivity contribution in [2.45, 2.75) is 58.5 Å². The Hall–Kier alpha value is -4.10. The van der Waals surface area contributed by atoms with Crippen molar-refractivity contribution >= 4 is 34.5 Å². The molecule has 7 heteroatoms. The maximum absolute atomic E-state index is 14.6. The standard InChI is InChI=1S/C36H41FN4O2/c1-4-7-25(2)40(3)23-30-21-31(14-12-29(30)24-42)39-35(43)20-26-16-18-41(19-17-26)34-15-13-28(22-38-34)32-10-5-8-27-9-6-11-33(37)36(27)32/h5-6,8-15,21-22,24-26H,4,7,16-20,23H2,1-3H3,(H,39,43). The van der Waals surface area contributed by atoms with E-state index < -0.39 is 0 Å². The van der Waals surface area contributed by atoms with Gasteiger partial charge in [0.2, 0.25) is 5.91 Å². The maximum atomic E-state index is 14.6. The first-order valence-corrected chi connectivity index (χ1v) is 15.3. The summed E-state index contributed by atoms with van der Waals surface area (Å²) in [5.74, 6) is 0.962. The summed E-state index contributed by atoms with van der Waals surface area (Å²) in [6.45, 7) is 6.68. The van der Waals surface area contributed by atoms with Gasteiger partial charge in [0.25, 0.3) is 0 Å². The van der Waals surface area contributed by atoms with E-state index in [-0.39, 0.29) is 11.7 Å². The molecule has 0 saturated carbocycles. The molecule has 224 valence electrons. The highest BCUT2D eigenvalue weighted by atomic mass is 19.1. The molecule has 43 heavy (non-hydrogen) atoms. The van der Waals surface area contributed by atoms with E-state index in [1.807, 2.05) is 54.7 Å². The zero-order valence-electron chi connectivity index (χ0n) is 25.4. The molecule has 0 radical (unpaired) electrons. The average molecular weight is 581 g/mol. The number of benzene rings is 3. The van der Waals surface area contributed by atoms with Crippen LogP contribution in [0.3, 0.4) is 0 Å². The minimum atomic E-state index is -0.230. The van der Waals surface area contributed by atoms with E-state index in [0.29, 0.717) is 35.9 Å². The summed E-state index contributed by atoms with van der Waals surface area (Å²) >= 11 is 0. The van der Waals surface area contributed by atoms with Crippen molar-refractivity contribution in [1.82, 2.24) is 9.88 Å². The van der Waals surface area contributed by atoms with Gasteiger partial charge in [-0.1, -0.05) is 43.7 Å². The van der Waals surface area contributed by atoms with Crippen LogP contribution >= 0.6 is 0 Å². The Labute approximate surface area is 253 Å². The number of aromatic nitrogens is 1. The second kappa shape index (κ2) is 13.9. The van der Waals surface area contributed by atoms with Gasteiger partial charge in [0.1, 0.15) is 17.9 Å². The summed E-state index contributed by atoms with van der Waals surface area (Å²) in [4.78, 5) is 33.8. The molecule has 1 N–H and O–H groups in total. The molecule has 0 spiro atoms. The molecule has 3 aromatic carbocycles. The van der Waals surface area contributed by atoms with E-state index in [2.05, 4.69) is 36.0 Å². The van der Waals surface area contributed by atoms with Crippen molar-refractivity contribution in [3.05, 3.63) is 89.9 Å². The van der Waals surface area contributed by atoms with Crippen LogP contribution in [0, 0.1) is 11.7 Å². The van der Waals surface area contributed by atoms with E-state index in [1.54, 1.807) is 12.1 Å². The van der Waals surface area contributed by atoms with Crippen LogP contribution in [-0.4, -0.2) is 48.3 Å². The van der Waals surface area contributed by atoms with Gasteiger partial charge in [0.05, 0.1) is 0 Å². The molecule has 1 fully saturated rings. The summed E-state index contributed by atoms with van der Waals surface area (Å²) in [7, 11) is 2.07. The van der Waals surface area contributed by atoms with Gasteiger partial charge in [-0.2, -0.15) is 0 Å². The Morgan fingerprint density at radius 1 is 1.12 bits per heavy atom. The van der Waals surface area contributed by atoms with Gasteiger partial charge in [-0.15, -0.1) is 0 Å². The number of piperidine rings is 1. The molecule has 0 aliphatic carbocycles. The van der Waals surface area contributed by atoms with E-state index >= 15 is 0 Å². The number of nitrogens with zero attached hydrogens (tertiary/aromatic N) is 3. The number of fused-ring (bicyclic) bond motifs is 1. The summed E-state index contributed by atoms with van der Waals surface area (Å²) in [5, 5.41) is 4.55. The van der Waals surface area contributed by atoms with Crippen LogP contribution < -0.4 is 10.2 Å². The lowest BCUT2D eigenvalue weighted by atomic mass is 9.93. The smallest absolute Gasteiger partial charge is 0.224 e. The van der Waals surface area contributed by atoms with Crippen LogP contribution in [0.4, 0.5) is 15.9 Å². The highest BCUT2D eigenvalue weighted by Gasteiger charge is 2.23. The molecule has 1 unspecified atom stereocenters. The molecular formula is C36H41FN4O2. The molecule has 1 amide bonds. The van der Waals surface area contributed by atoms with E-state index in [4.69, 9.17) is 4.98 Å². The minimum Gasteiger partial charge on any atom is -0.357 e. The molecular weight excluding hydrogens is 539 g/mol. The quantitative estimate of drug-likeness (QED) is 0.184. The van der Waals surface area contributed by atoms with Gasteiger partial charge in [-0.05, 0) is 92.1 Å². The Bertz CT molecular complexity index is 1560. The second-order valence-corrected chi connectivity index (χ2v) is 11.8. The van der Waals surface area contributed by atoms with Crippen molar-refractivity contribution in [1.29, 1.82) is 0 Å². The third-order valence-corrected chi connectivity index (χ3v) is 8.76. The van der Waals surface area contributed by atoms with Crippen molar-refractivity contribution < 1.29 is 14.0 Å².